The van der Waals surface area contributed by atoms with E-state index in [1.165, 1.54) is 0 Å². The molecule has 2 N–H and O–H groups in total. The third-order valence-electron chi connectivity index (χ3n) is 3.63. The van der Waals surface area contributed by atoms with Crippen molar-refractivity contribution in [1.29, 1.82) is 0 Å². The third-order valence-corrected chi connectivity index (χ3v) is 3.92. The van der Waals surface area contributed by atoms with Gasteiger partial charge in [-0.25, -0.2) is 0 Å². The number of benzene rings is 2. The lowest BCUT2D eigenvalue weighted by atomic mass is 10.2. The average Bonchev–Trinajstić information content (AvgIpc) is 2.62. The van der Waals surface area contributed by atoms with Gasteiger partial charge in [0.2, 0.25) is 5.88 Å². The van der Waals surface area contributed by atoms with Gasteiger partial charge >= 0.3 is 6.18 Å². The maximum Gasteiger partial charge on any atom is 0.409 e. The Balaban J connectivity index is 1.98. The van der Waals surface area contributed by atoms with Gasteiger partial charge in [-0.3, -0.25) is 14.3 Å². The molecule has 3 aromatic rings. The highest BCUT2D eigenvalue weighted by atomic mass is 32.1. The molecule has 0 aliphatic carbocycles. The quantitative estimate of drug-likeness (QED) is 0.601. The molecule has 5 nitrogen and oxygen atoms in total. The van der Waals surface area contributed by atoms with Gasteiger partial charge in [-0.05, 0) is 54.7 Å². The number of rotatable bonds is 4. The van der Waals surface area contributed by atoms with Crippen LogP contribution in [0.2, 0.25) is 0 Å². The summed E-state index contributed by atoms with van der Waals surface area (Å²) in [7, 11) is 0. The third kappa shape index (κ3) is 4.49. The van der Waals surface area contributed by atoms with E-state index in [-0.39, 0.29) is 10.8 Å². The number of aromatic amines is 1. The number of aromatic nitrogens is 2. The van der Waals surface area contributed by atoms with E-state index in [0.29, 0.717) is 23.3 Å². The zero-order valence-corrected chi connectivity index (χ0v) is 14.9. The summed E-state index contributed by atoms with van der Waals surface area (Å²) >= 11 is 5.03. The van der Waals surface area contributed by atoms with Crippen LogP contribution in [0, 0.1) is 4.77 Å². The van der Waals surface area contributed by atoms with Crippen LogP contribution in [0.4, 0.5) is 13.2 Å². The van der Waals surface area contributed by atoms with E-state index in [2.05, 4.69) is 4.98 Å². The molecule has 0 saturated carbocycles. The van der Waals surface area contributed by atoms with Crippen molar-refractivity contribution in [2.45, 2.75) is 6.18 Å². The zero-order chi connectivity index (χ0) is 20.3. The molecule has 0 aliphatic heterocycles. The molecule has 9 heteroatoms. The summed E-state index contributed by atoms with van der Waals surface area (Å²) in [6.45, 7) is 0. The predicted molar refractivity (Wildman–Crippen MR) is 100 cm³/mol. The first-order valence-electron chi connectivity index (χ1n) is 7.92. The van der Waals surface area contributed by atoms with Crippen LogP contribution in [-0.4, -0.2) is 20.8 Å². The average molecular weight is 406 g/mol. The van der Waals surface area contributed by atoms with E-state index in [0.717, 1.165) is 4.57 Å². The predicted octanol–water partition coefficient (Wildman–Crippen LogP) is 4.97. The van der Waals surface area contributed by atoms with Crippen molar-refractivity contribution in [2.24, 2.45) is 0 Å². The van der Waals surface area contributed by atoms with Gasteiger partial charge in [0.1, 0.15) is 17.1 Å². The van der Waals surface area contributed by atoms with Crippen molar-refractivity contribution < 1.29 is 23.0 Å². The topological polar surface area (TPSA) is 67.2 Å². The number of aromatic hydroxyl groups is 1. The second kappa shape index (κ2) is 7.73. The first-order chi connectivity index (χ1) is 13.2. The fraction of sp³-hybridized carbons (Fsp3) is 0.0526. The van der Waals surface area contributed by atoms with Gasteiger partial charge in [-0.2, -0.15) is 13.2 Å². The molecule has 0 bridgehead atoms. The smallest absolute Gasteiger partial charge is 0.409 e. The highest BCUT2D eigenvalue weighted by Gasteiger charge is 2.23. The van der Waals surface area contributed by atoms with Crippen LogP contribution in [0.3, 0.4) is 0 Å². The van der Waals surface area contributed by atoms with Gasteiger partial charge in [-0.1, -0.05) is 18.2 Å². The van der Waals surface area contributed by atoms with Crippen LogP contribution >= 0.6 is 12.2 Å². The van der Waals surface area contributed by atoms with Crippen LogP contribution in [0.5, 0.6) is 17.4 Å². The van der Waals surface area contributed by atoms with Crippen LogP contribution < -0.4 is 10.3 Å². The number of allylic oxidation sites excluding steroid dienone is 1. The Bertz CT molecular complexity index is 1120. The Morgan fingerprint density at radius 2 is 1.64 bits per heavy atom. The highest BCUT2D eigenvalue weighted by Crippen LogP contribution is 2.26. The minimum Gasteiger partial charge on any atom is -0.494 e. The molecular formula is C19H13F3N2O3S. The fourth-order valence-corrected chi connectivity index (χ4v) is 2.68. The number of hydrogen-bond acceptors (Lipinski definition) is 4. The molecule has 1 heterocycles. The Hall–Kier alpha value is -3.33. The van der Waals surface area contributed by atoms with Gasteiger partial charge < -0.3 is 9.84 Å². The van der Waals surface area contributed by atoms with Gasteiger partial charge in [0.25, 0.3) is 5.56 Å². The molecule has 0 spiro atoms. The van der Waals surface area contributed by atoms with Crippen molar-refractivity contribution in [2.75, 3.05) is 0 Å². The molecule has 0 radical (unpaired) electrons. The largest absolute Gasteiger partial charge is 0.494 e. The molecule has 0 fully saturated rings. The summed E-state index contributed by atoms with van der Waals surface area (Å²) in [6, 6.07) is 15.3. The van der Waals surface area contributed by atoms with Crippen molar-refractivity contribution >= 4 is 18.3 Å². The number of hydrogen-bond donors (Lipinski definition) is 2. The first kappa shape index (κ1) is 19.4. The summed E-state index contributed by atoms with van der Waals surface area (Å²) < 4.78 is 43.8. The van der Waals surface area contributed by atoms with E-state index in [1.807, 2.05) is 18.2 Å². The molecule has 0 atom stereocenters. The van der Waals surface area contributed by atoms with Crippen LogP contribution in [0.25, 0.3) is 11.8 Å². The lowest BCUT2D eigenvalue weighted by Gasteiger charge is -2.12. The molecule has 28 heavy (non-hydrogen) atoms. The lowest BCUT2D eigenvalue weighted by Crippen LogP contribution is -2.16. The highest BCUT2D eigenvalue weighted by molar-refractivity contribution is 7.71. The van der Waals surface area contributed by atoms with E-state index < -0.39 is 23.2 Å². The monoisotopic (exact) mass is 406 g/mol. The van der Waals surface area contributed by atoms with Gasteiger partial charge in [0.15, 0.2) is 4.77 Å². The molecule has 3 rings (SSSR count). The maximum atomic E-state index is 12.4. The first-order valence-corrected chi connectivity index (χ1v) is 8.33. The number of para-hydroxylation sites is 1. The van der Waals surface area contributed by atoms with Crippen molar-refractivity contribution in [3.05, 3.63) is 81.4 Å². The van der Waals surface area contributed by atoms with Crippen LogP contribution in [0.1, 0.15) is 5.56 Å². The Morgan fingerprint density at radius 3 is 2.25 bits per heavy atom. The standard InChI is InChI=1S/C19H13F3N2O3S/c20-19(21,22)11-10-15-16(25)23-18(28)24(17(15)26)12-6-8-14(9-7-12)27-13-4-2-1-3-5-13/h1-11,26H,(H,23,25,28). The van der Waals surface area contributed by atoms with Crippen LogP contribution in [0.15, 0.2) is 65.5 Å². The molecule has 2 aromatic carbocycles. The Kier molecular flexibility index (Phi) is 5.36. The van der Waals surface area contributed by atoms with Crippen molar-refractivity contribution in [1.82, 2.24) is 9.55 Å². The second-order valence-electron chi connectivity index (χ2n) is 5.62. The van der Waals surface area contributed by atoms with E-state index in [4.69, 9.17) is 17.0 Å². The normalized spacial score (nSPS) is 11.7. The molecule has 1 aromatic heterocycles. The second-order valence-corrected chi connectivity index (χ2v) is 6.00. The molecule has 0 amide bonds. The zero-order valence-electron chi connectivity index (χ0n) is 14.1. The van der Waals surface area contributed by atoms with Gasteiger partial charge in [-0.15, -0.1) is 0 Å². The van der Waals surface area contributed by atoms with Gasteiger partial charge in [0.05, 0.1) is 5.69 Å². The SMILES string of the molecule is O=c1[nH]c(=S)n(-c2ccc(Oc3ccccc3)cc2)c(O)c1C=CC(F)(F)F. The van der Waals surface area contributed by atoms with E-state index >= 15 is 0 Å². The molecule has 0 unspecified atom stereocenters. The summed E-state index contributed by atoms with van der Waals surface area (Å²) in [5.74, 6) is 0.423. The minimum absolute atomic E-state index is 0.137. The Morgan fingerprint density at radius 1 is 1.04 bits per heavy atom. The summed E-state index contributed by atoms with van der Waals surface area (Å²) in [5, 5.41) is 10.3. The van der Waals surface area contributed by atoms with Crippen LogP contribution in [-0.2, 0) is 0 Å². The van der Waals surface area contributed by atoms with Crippen molar-refractivity contribution in [3.8, 4) is 23.1 Å². The number of halogens is 3. The number of H-pyrrole nitrogens is 1. The molecule has 0 aliphatic rings. The summed E-state index contributed by atoms with van der Waals surface area (Å²) in [5.41, 5.74) is -1.15. The van der Waals surface area contributed by atoms with E-state index in [9.17, 15) is 23.1 Å². The maximum absolute atomic E-state index is 12.4. The molecular weight excluding hydrogens is 393 g/mol. The Labute approximate surface area is 162 Å². The number of alkyl halides is 3. The van der Waals surface area contributed by atoms with E-state index in [1.54, 1.807) is 36.4 Å². The molecule has 144 valence electrons. The number of nitrogens with one attached hydrogen (secondary N) is 1. The summed E-state index contributed by atoms with van der Waals surface area (Å²) in [4.78, 5) is 14.1. The van der Waals surface area contributed by atoms with Crippen molar-refractivity contribution in [3.63, 3.8) is 0 Å². The van der Waals surface area contributed by atoms with Gasteiger partial charge in [0, 0.05) is 6.08 Å². The minimum atomic E-state index is -4.63. The fourth-order valence-electron chi connectivity index (χ4n) is 2.39. The number of nitrogens with zero attached hydrogens (tertiary/aromatic N) is 1. The lowest BCUT2D eigenvalue weighted by molar-refractivity contribution is -0.0790. The summed E-state index contributed by atoms with van der Waals surface area (Å²) in [6.07, 6.45) is -4.28. The molecule has 0 saturated heterocycles. The number of ether oxygens (including phenoxy) is 1.